The molecule has 2 aliphatic heterocycles. The largest absolute Gasteiger partial charge is 0.342 e. The third kappa shape index (κ3) is 4.27. The Bertz CT molecular complexity index is 821. The SMILES string of the molecule is O=C(CN1CC=C(c2cnn(-c3ccc(F)cc3)c2)CC1)N1CCCCC1. The molecule has 0 atom stereocenters. The quantitative estimate of drug-likeness (QED) is 0.833. The van der Waals surface area contributed by atoms with Crippen molar-refractivity contribution < 1.29 is 9.18 Å². The Balaban J connectivity index is 1.36. The summed E-state index contributed by atoms with van der Waals surface area (Å²) in [4.78, 5) is 16.6. The molecule has 6 heteroatoms. The fraction of sp³-hybridized carbons (Fsp3) is 0.429. The predicted octanol–water partition coefficient (Wildman–Crippen LogP) is 3.11. The lowest BCUT2D eigenvalue weighted by molar-refractivity contribution is -0.133. The van der Waals surface area contributed by atoms with Crippen molar-refractivity contribution >= 4 is 11.5 Å². The minimum atomic E-state index is -0.250. The van der Waals surface area contributed by atoms with Crippen molar-refractivity contribution in [3.8, 4) is 5.69 Å². The van der Waals surface area contributed by atoms with Gasteiger partial charge in [-0.3, -0.25) is 9.69 Å². The third-order valence-corrected chi connectivity index (χ3v) is 5.41. The predicted molar refractivity (Wildman–Crippen MR) is 103 cm³/mol. The zero-order chi connectivity index (χ0) is 18.6. The van der Waals surface area contributed by atoms with Crippen LogP contribution in [-0.2, 0) is 4.79 Å². The second kappa shape index (κ2) is 8.05. The first-order valence-electron chi connectivity index (χ1n) is 9.69. The Labute approximate surface area is 159 Å². The molecule has 0 N–H and O–H groups in total. The van der Waals surface area contributed by atoms with Crippen LogP contribution in [0.2, 0.25) is 0 Å². The van der Waals surface area contributed by atoms with Gasteiger partial charge in [0.25, 0.3) is 0 Å². The van der Waals surface area contributed by atoms with Gasteiger partial charge in [0.2, 0.25) is 5.91 Å². The molecule has 0 radical (unpaired) electrons. The van der Waals surface area contributed by atoms with Gasteiger partial charge in [0.1, 0.15) is 5.82 Å². The van der Waals surface area contributed by atoms with E-state index in [9.17, 15) is 9.18 Å². The summed E-state index contributed by atoms with van der Waals surface area (Å²) in [5.41, 5.74) is 3.18. The molecule has 0 bridgehead atoms. The van der Waals surface area contributed by atoms with Crippen molar-refractivity contribution in [2.75, 3.05) is 32.7 Å². The highest BCUT2D eigenvalue weighted by atomic mass is 19.1. The summed E-state index contributed by atoms with van der Waals surface area (Å²) in [5.74, 6) is 0.0102. The van der Waals surface area contributed by atoms with E-state index in [-0.39, 0.29) is 11.7 Å². The molecule has 1 saturated heterocycles. The maximum atomic E-state index is 13.1. The van der Waals surface area contributed by atoms with E-state index in [1.165, 1.54) is 24.1 Å². The number of halogens is 1. The Hall–Kier alpha value is -2.47. The first kappa shape index (κ1) is 17.9. The number of likely N-dealkylation sites (tertiary alicyclic amines) is 1. The van der Waals surface area contributed by atoms with Gasteiger partial charge >= 0.3 is 0 Å². The summed E-state index contributed by atoms with van der Waals surface area (Å²) in [5, 5.41) is 4.40. The molecule has 1 aromatic heterocycles. The Morgan fingerprint density at radius 2 is 1.85 bits per heavy atom. The monoisotopic (exact) mass is 368 g/mol. The molecule has 5 nitrogen and oxygen atoms in total. The van der Waals surface area contributed by atoms with Gasteiger partial charge in [-0.15, -0.1) is 0 Å². The van der Waals surface area contributed by atoms with Crippen LogP contribution in [0.15, 0.2) is 42.7 Å². The summed E-state index contributed by atoms with van der Waals surface area (Å²) < 4.78 is 14.8. The zero-order valence-electron chi connectivity index (χ0n) is 15.5. The van der Waals surface area contributed by atoms with Crippen molar-refractivity contribution in [1.29, 1.82) is 0 Å². The second-order valence-corrected chi connectivity index (χ2v) is 7.31. The van der Waals surface area contributed by atoms with E-state index >= 15 is 0 Å². The van der Waals surface area contributed by atoms with E-state index in [0.717, 1.165) is 56.7 Å². The number of rotatable bonds is 4. The van der Waals surface area contributed by atoms with Crippen molar-refractivity contribution in [2.45, 2.75) is 25.7 Å². The van der Waals surface area contributed by atoms with E-state index in [2.05, 4.69) is 16.1 Å². The fourth-order valence-corrected chi connectivity index (χ4v) is 3.78. The standard InChI is InChI=1S/C21H25FN4O/c22-19-4-6-20(7-5-19)26-15-18(14-23-26)17-8-12-24(13-9-17)16-21(27)25-10-2-1-3-11-25/h4-8,14-15H,1-3,9-13,16H2. The van der Waals surface area contributed by atoms with E-state index in [1.54, 1.807) is 16.8 Å². The van der Waals surface area contributed by atoms with Crippen molar-refractivity contribution in [3.63, 3.8) is 0 Å². The van der Waals surface area contributed by atoms with Crippen molar-refractivity contribution in [3.05, 3.63) is 54.1 Å². The van der Waals surface area contributed by atoms with Gasteiger partial charge in [0.15, 0.2) is 0 Å². The van der Waals surface area contributed by atoms with Crippen molar-refractivity contribution in [2.24, 2.45) is 0 Å². The number of amides is 1. The molecule has 1 fully saturated rings. The topological polar surface area (TPSA) is 41.4 Å². The highest BCUT2D eigenvalue weighted by Crippen LogP contribution is 2.23. The molecule has 0 unspecified atom stereocenters. The molecule has 0 aliphatic carbocycles. The summed E-state index contributed by atoms with van der Waals surface area (Å²) in [6.07, 6.45) is 10.4. The summed E-state index contributed by atoms with van der Waals surface area (Å²) in [6, 6.07) is 6.31. The van der Waals surface area contributed by atoms with Gasteiger partial charge in [0.05, 0.1) is 18.4 Å². The van der Waals surface area contributed by atoms with E-state index in [4.69, 9.17) is 0 Å². The maximum absolute atomic E-state index is 13.1. The van der Waals surface area contributed by atoms with Crippen LogP contribution in [0.1, 0.15) is 31.2 Å². The van der Waals surface area contributed by atoms with Crippen LogP contribution < -0.4 is 0 Å². The summed E-state index contributed by atoms with van der Waals surface area (Å²) in [6.45, 7) is 4.01. The Morgan fingerprint density at radius 1 is 1.07 bits per heavy atom. The van der Waals surface area contributed by atoms with Crippen LogP contribution in [-0.4, -0.2) is 58.2 Å². The van der Waals surface area contributed by atoms with Gasteiger partial charge in [-0.05, 0) is 55.5 Å². The van der Waals surface area contributed by atoms with Crippen LogP contribution in [0, 0.1) is 5.82 Å². The molecule has 142 valence electrons. The van der Waals surface area contributed by atoms with Crippen LogP contribution in [0.3, 0.4) is 0 Å². The number of carbonyl (C=O) groups excluding carboxylic acids is 1. The molecular formula is C21H25FN4O. The van der Waals surface area contributed by atoms with E-state index in [1.807, 2.05) is 17.3 Å². The number of carbonyl (C=O) groups is 1. The number of hydrogen-bond acceptors (Lipinski definition) is 3. The minimum absolute atomic E-state index is 0.250. The summed E-state index contributed by atoms with van der Waals surface area (Å²) >= 11 is 0. The molecular weight excluding hydrogens is 343 g/mol. The highest BCUT2D eigenvalue weighted by Gasteiger charge is 2.21. The van der Waals surface area contributed by atoms with Crippen molar-refractivity contribution in [1.82, 2.24) is 19.6 Å². The molecule has 3 heterocycles. The number of benzene rings is 1. The van der Waals surface area contributed by atoms with Crippen LogP contribution in [0.4, 0.5) is 4.39 Å². The number of aromatic nitrogens is 2. The average molecular weight is 368 g/mol. The van der Waals surface area contributed by atoms with Gasteiger partial charge in [-0.2, -0.15) is 5.10 Å². The molecule has 2 aliphatic rings. The van der Waals surface area contributed by atoms with E-state index in [0.29, 0.717) is 6.54 Å². The van der Waals surface area contributed by atoms with Gasteiger partial charge < -0.3 is 4.90 Å². The highest BCUT2D eigenvalue weighted by molar-refractivity contribution is 5.78. The van der Waals surface area contributed by atoms with Crippen LogP contribution in [0.5, 0.6) is 0 Å². The lowest BCUT2D eigenvalue weighted by atomic mass is 10.0. The zero-order valence-corrected chi connectivity index (χ0v) is 15.5. The first-order valence-corrected chi connectivity index (χ1v) is 9.69. The number of hydrogen-bond donors (Lipinski definition) is 0. The normalized spacial score (nSPS) is 18.4. The molecule has 2 aromatic rings. The summed E-state index contributed by atoms with van der Waals surface area (Å²) in [7, 11) is 0. The van der Waals surface area contributed by atoms with Gasteiger partial charge in [0, 0.05) is 37.9 Å². The molecule has 0 saturated carbocycles. The molecule has 1 aromatic carbocycles. The molecule has 0 spiro atoms. The lowest BCUT2D eigenvalue weighted by Crippen LogP contribution is -2.43. The minimum Gasteiger partial charge on any atom is -0.342 e. The number of piperidine rings is 1. The van der Waals surface area contributed by atoms with Crippen LogP contribution >= 0.6 is 0 Å². The van der Waals surface area contributed by atoms with Crippen LogP contribution in [0.25, 0.3) is 11.3 Å². The molecule has 1 amide bonds. The third-order valence-electron chi connectivity index (χ3n) is 5.41. The molecule has 27 heavy (non-hydrogen) atoms. The Kier molecular flexibility index (Phi) is 5.34. The first-order chi connectivity index (χ1) is 13.2. The van der Waals surface area contributed by atoms with Gasteiger partial charge in [-0.25, -0.2) is 9.07 Å². The Morgan fingerprint density at radius 3 is 2.56 bits per heavy atom. The number of nitrogens with zero attached hydrogens (tertiary/aromatic N) is 4. The lowest BCUT2D eigenvalue weighted by Gasteiger charge is -2.31. The molecule has 4 rings (SSSR count). The smallest absolute Gasteiger partial charge is 0.236 e. The van der Waals surface area contributed by atoms with Gasteiger partial charge in [-0.1, -0.05) is 6.08 Å². The fourth-order valence-electron chi connectivity index (χ4n) is 3.78. The average Bonchev–Trinajstić information content (AvgIpc) is 3.20. The van der Waals surface area contributed by atoms with E-state index < -0.39 is 0 Å². The second-order valence-electron chi connectivity index (χ2n) is 7.31. The maximum Gasteiger partial charge on any atom is 0.236 e.